The van der Waals surface area contributed by atoms with Crippen LogP contribution < -0.4 is 14.8 Å². The second-order valence-corrected chi connectivity index (χ2v) is 3.68. The molecule has 0 aromatic heterocycles. The first-order chi connectivity index (χ1) is 8.62. The molecule has 0 aliphatic carbocycles. The highest BCUT2D eigenvalue weighted by Crippen LogP contribution is 2.32. The van der Waals surface area contributed by atoms with Crippen molar-refractivity contribution in [3.8, 4) is 11.5 Å². The summed E-state index contributed by atoms with van der Waals surface area (Å²) in [6.45, 7) is 4.17. The van der Waals surface area contributed by atoms with Gasteiger partial charge in [0.15, 0.2) is 0 Å². The first-order valence-corrected chi connectivity index (χ1v) is 5.74. The number of methoxy groups -OCH3 is 2. The Balaban J connectivity index is 2.84. The van der Waals surface area contributed by atoms with Gasteiger partial charge in [-0.3, -0.25) is 4.79 Å². The fourth-order valence-electron chi connectivity index (χ4n) is 1.60. The van der Waals surface area contributed by atoms with E-state index in [0.29, 0.717) is 18.1 Å². The van der Waals surface area contributed by atoms with Gasteiger partial charge in [-0.1, -0.05) is 0 Å². The minimum atomic E-state index is -0.297. The summed E-state index contributed by atoms with van der Waals surface area (Å²) >= 11 is 0. The fourth-order valence-corrected chi connectivity index (χ4v) is 1.60. The van der Waals surface area contributed by atoms with Crippen LogP contribution in [0.1, 0.15) is 12.5 Å². The van der Waals surface area contributed by atoms with E-state index in [1.54, 1.807) is 27.2 Å². The molecule has 0 unspecified atom stereocenters. The Morgan fingerprint density at radius 2 is 2.00 bits per heavy atom. The van der Waals surface area contributed by atoms with Crippen LogP contribution in [0, 0.1) is 6.92 Å². The molecule has 0 radical (unpaired) electrons. The zero-order chi connectivity index (χ0) is 13.5. The Hall–Kier alpha value is -1.91. The molecule has 5 nitrogen and oxygen atoms in total. The first-order valence-electron chi connectivity index (χ1n) is 5.74. The van der Waals surface area contributed by atoms with Gasteiger partial charge >= 0.3 is 5.97 Å². The van der Waals surface area contributed by atoms with Crippen molar-refractivity contribution in [1.29, 1.82) is 0 Å². The lowest BCUT2D eigenvalue weighted by atomic mass is 10.1. The Labute approximate surface area is 107 Å². The summed E-state index contributed by atoms with van der Waals surface area (Å²) < 4.78 is 15.3. The molecule has 0 saturated heterocycles. The summed E-state index contributed by atoms with van der Waals surface area (Å²) in [6, 6.07) is 3.64. The van der Waals surface area contributed by atoms with E-state index in [4.69, 9.17) is 14.2 Å². The number of carbonyl (C=O) groups is 1. The molecule has 0 saturated carbocycles. The second kappa shape index (κ2) is 6.74. The van der Waals surface area contributed by atoms with Gasteiger partial charge in [0.05, 0.1) is 26.5 Å². The Morgan fingerprint density at radius 1 is 1.28 bits per heavy atom. The molecule has 0 aliphatic heterocycles. The monoisotopic (exact) mass is 253 g/mol. The molecule has 1 N–H and O–H groups in total. The van der Waals surface area contributed by atoms with Crippen molar-refractivity contribution in [3.63, 3.8) is 0 Å². The number of anilines is 1. The van der Waals surface area contributed by atoms with Gasteiger partial charge in [-0.05, 0) is 25.5 Å². The smallest absolute Gasteiger partial charge is 0.325 e. The third-order valence-corrected chi connectivity index (χ3v) is 2.44. The van der Waals surface area contributed by atoms with E-state index in [-0.39, 0.29) is 12.5 Å². The highest BCUT2D eigenvalue weighted by molar-refractivity contribution is 5.77. The van der Waals surface area contributed by atoms with E-state index < -0.39 is 0 Å². The summed E-state index contributed by atoms with van der Waals surface area (Å²) in [7, 11) is 3.17. The van der Waals surface area contributed by atoms with E-state index in [2.05, 4.69) is 5.32 Å². The van der Waals surface area contributed by atoms with Crippen LogP contribution in [0.15, 0.2) is 12.1 Å². The summed E-state index contributed by atoms with van der Waals surface area (Å²) in [4.78, 5) is 11.3. The minimum Gasteiger partial charge on any atom is -0.497 e. The SMILES string of the molecule is CCOC(=O)CNc1c(C)cc(OC)cc1OC. The highest BCUT2D eigenvalue weighted by atomic mass is 16.5. The van der Waals surface area contributed by atoms with Crippen molar-refractivity contribution in [2.45, 2.75) is 13.8 Å². The Kier molecular flexibility index (Phi) is 5.30. The maximum Gasteiger partial charge on any atom is 0.325 e. The predicted molar refractivity (Wildman–Crippen MR) is 69.4 cm³/mol. The quantitative estimate of drug-likeness (QED) is 0.786. The number of esters is 1. The van der Waals surface area contributed by atoms with E-state index in [1.807, 2.05) is 13.0 Å². The maximum atomic E-state index is 11.3. The van der Waals surface area contributed by atoms with Crippen molar-refractivity contribution in [3.05, 3.63) is 17.7 Å². The Morgan fingerprint density at radius 3 is 2.56 bits per heavy atom. The topological polar surface area (TPSA) is 56.8 Å². The van der Waals surface area contributed by atoms with Crippen LogP contribution in [0.2, 0.25) is 0 Å². The Bertz CT molecular complexity index is 418. The zero-order valence-corrected chi connectivity index (χ0v) is 11.2. The lowest BCUT2D eigenvalue weighted by Crippen LogP contribution is -2.17. The van der Waals surface area contributed by atoms with Gasteiger partial charge < -0.3 is 19.5 Å². The number of ether oxygens (including phenoxy) is 3. The molecule has 1 aromatic carbocycles. The highest BCUT2D eigenvalue weighted by Gasteiger charge is 2.11. The molecule has 0 spiro atoms. The van der Waals surface area contributed by atoms with Crippen LogP contribution in [0.25, 0.3) is 0 Å². The molecule has 0 fully saturated rings. The molecule has 18 heavy (non-hydrogen) atoms. The van der Waals surface area contributed by atoms with Crippen LogP contribution in [-0.2, 0) is 9.53 Å². The van der Waals surface area contributed by atoms with Crippen LogP contribution >= 0.6 is 0 Å². The molecule has 0 aliphatic rings. The van der Waals surface area contributed by atoms with E-state index >= 15 is 0 Å². The van der Waals surface area contributed by atoms with Crippen LogP contribution in [-0.4, -0.2) is 33.3 Å². The fraction of sp³-hybridized carbons (Fsp3) is 0.462. The number of aryl methyl sites for hydroxylation is 1. The second-order valence-electron chi connectivity index (χ2n) is 3.68. The molecule has 0 atom stereocenters. The predicted octanol–water partition coefficient (Wildman–Crippen LogP) is 1.99. The van der Waals surface area contributed by atoms with E-state index in [9.17, 15) is 4.79 Å². The normalized spacial score (nSPS) is 9.78. The largest absolute Gasteiger partial charge is 0.497 e. The molecule has 1 rings (SSSR count). The van der Waals surface area contributed by atoms with Gasteiger partial charge in [-0.15, -0.1) is 0 Å². The summed E-state index contributed by atoms with van der Waals surface area (Å²) in [5.74, 6) is 1.05. The van der Waals surface area contributed by atoms with Crippen molar-refractivity contribution >= 4 is 11.7 Å². The van der Waals surface area contributed by atoms with Gasteiger partial charge in [0.25, 0.3) is 0 Å². The standard InChI is InChI=1S/C13H19NO4/c1-5-18-12(15)8-14-13-9(2)6-10(16-3)7-11(13)17-4/h6-7,14H,5,8H2,1-4H3. The molecule has 0 bridgehead atoms. The van der Waals surface area contributed by atoms with Gasteiger partial charge in [0.2, 0.25) is 0 Å². The number of hydrogen-bond acceptors (Lipinski definition) is 5. The van der Waals surface area contributed by atoms with Crippen molar-refractivity contribution in [1.82, 2.24) is 0 Å². The third-order valence-electron chi connectivity index (χ3n) is 2.44. The zero-order valence-electron chi connectivity index (χ0n) is 11.2. The van der Waals surface area contributed by atoms with E-state index in [0.717, 1.165) is 11.3 Å². The summed E-state index contributed by atoms with van der Waals surface area (Å²) in [5, 5.41) is 3.01. The van der Waals surface area contributed by atoms with Gasteiger partial charge in [0.1, 0.15) is 18.0 Å². The van der Waals surface area contributed by atoms with Crippen molar-refractivity contribution < 1.29 is 19.0 Å². The number of hydrogen-bond donors (Lipinski definition) is 1. The van der Waals surface area contributed by atoms with Crippen LogP contribution in [0.5, 0.6) is 11.5 Å². The van der Waals surface area contributed by atoms with Crippen LogP contribution in [0.4, 0.5) is 5.69 Å². The number of carbonyl (C=O) groups excluding carboxylic acids is 1. The molecular weight excluding hydrogens is 234 g/mol. The third kappa shape index (κ3) is 3.55. The van der Waals surface area contributed by atoms with Crippen LogP contribution in [0.3, 0.4) is 0 Å². The lowest BCUT2D eigenvalue weighted by Gasteiger charge is -2.15. The summed E-state index contributed by atoms with van der Waals surface area (Å²) in [6.07, 6.45) is 0. The number of nitrogens with one attached hydrogen (secondary N) is 1. The molecular formula is C13H19NO4. The summed E-state index contributed by atoms with van der Waals surface area (Å²) in [5.41, 5.74) is 1.71. The first kappa shape index (κ1) is 14.2. The van der Waals surface area contributed by atoms with Gasteiger partial charge in [-0.2, -0.15) is 0 Å². The number of benzene rings is 1. The number of rotatable bonds is 6. The van der Waals surface area contributed by atoms with E-state index in [1.165, 1.54) is 0 Å². The molecule has 100 valence electrons. The molecule has 5 heteroatoms. The lowest BCUT2D eigenvalue weighted by molar-refractivity contribution is -0.140. The maximum absolute atomic E-state index is 11.3. The van der Waals surface area contributed by atoms with Crippen molar-refractivity contribution in [2.75, 3.05) is 32.7 Å². The average molecular weight is 253 g/mol. The van der Waals surface area contributed by atoms with Crippen molar-refractivity contribution in [2.24, 2.45) is 0 Å². The molecule has 0 heterocycles. The van der Waals surface area contributed by atoms with Gasteiger partial charge in [-0.25, -0.2) is 0 Å². The average Bonchev–Trinajstić information content (AvgIpc) is 2.36. The van der Waals surface area contributed by atoms with Gasteiger partial charge in [0, 0.05) is 6.07 Å². The minimum absolute atomic E-state index is 0.109. The molecule has 0 amide bonds. The molecule has 1 aromatic rings.